The summed E-state index contributed by atoms with van der Waals surface area (Å²) in [7, 11) is 0. The van der Waals surface area contributed by atoms with E-state index >= 15 is 0 Å². The summed E-state index contributed by atoms with van der Waals surface area (Å²) >= 11 is 0. The second-order valence-corrected chi connectivity index (χ2v) is 6.12. The maximum Gasteiger partial charge on any atom is -0.0305 e. The smallest absolute Gasteiger partial charge is 0.0305 e. The van der Waals surface area contributed by atoms with Gasteiger partial charge in [0.05, 0.1) is 0 Å². The normalized spacial score (nSPS) is 15.6. The van der Waals surface area contributed by atoms with Crippen molar-refractivity contribution < 1.29 is 0 Å². The Kier molecular flexibility index (Phi) is 9.45. The van der Waals surface area contributed by atoms with E-state index in [4.69, 9.17) is 0 Å². The molecule has 0 aromatic heterocycles. The number of unbranched alkanes of at least 4 members (excludes halogenated alkanes) is 1. The van der Waals surface area contributed by atoms with Crippen LogP contribution in [0.2, 0.25) is 0 Å². The second kappa shape index (κ2) is 10.9. The Balaban J connectivity index is 0.000000200. The van der Waals surface area contributed by atoms with Gasteiger partial charge in [-0.2, -0.15) is 0 Å². The van der Waals surface area contributed by atoms with Crippen LogP contribution in [0.5, 0.6) is 0 Å². The van der Waals surface area contributed by atoms with Crippen LogP contribution in [-0.2, 0) is 12.8 Å². The Morgan fingerprint density at radius 3 is 1.85 bits per heavy atom. The van der Waals surface area contributed by atoms with Crippen LogP contribution in [-0.4, -0.2) is 0 Å². The van der Waals surface area contributed by atoms with Gasteiger partial charge in [0, 0.05) is 0 Å². The molecule has 0 heteroatoms. The lowest BCUT2D eigenvalue weighted by Gasteiger charge is -2.20. The van der Waals surface area contributed by atoms with Crippen LogP contribution < -0.4 is 0 Å². The highest BCUT2D eigenvalue weighted by molar-refractivity contribution is 5.26. The summed E-state index contributed by atoms with van der Waals surface area (Å²) in [6.07, 6.45) is 14.2. The van der Waals surface area contributed by atoms with Gasteiger partial charge in [-0.3, -0.25) is 0 Å². The first-order chi connectivity index (χ1) is 9.81. The van der Waals surface area contributed by atoms with E-state index in [1.165, 1.54) is 62.5 Å². The van der Waals surface area contributed by atoms with Gasteiger partial charge in [-0.05, 0) is 29.9 Å². The zero-order valence-electron chi connectivity index (χ0n) is 14.0. The van der Waals surface area contributed by atoms with Crippen molar-refractivity contribution in [2.24, 2.45) is 5.92 Å². The van der Waals surface area contributed by atoms with Crippen LogP contribution in [0.4, 0.5) is 0 Å². The monoisotopic (exact) mass is 274 g/mol. The quantitative estimate of drug-likeness (QED) is 0.569. The van der Waals surface area contributed by atoms with E-state index in [-0.39, 0.29) is 0 Å². The molecule has 0 aliphatic heterocycles. The van der Waals surface area contributed by atoms with E-state index < -0.39 is 0 Å². The molecule has 1 aliphatic carbocycles. The van der Waals surface area contributed by atoms with E-state index in [1.807, 2.05) is 0 Å². The van der Waals surface area contributed by atoms with Gasteiger partial charge in [-0.25, -0.2) is 0 Å². The van der Waals surface area contributed by atoms with Gasteiger partial charge >= 0.3 is 0 Å². The Labute approximate surface area is 127 Å². The van der Waals surface area contributed by atoms with Gasteiger partial charge < -0.3 is 0 Å². The van der Waals surface area contributed by atoms with Crippen LogP contribution in [0.15, 0.2) is 24.3 Å². The lowest BCUT2D eigenvalue weighted by Crippen LogP contribution is -2.05. The van der Waals surface area contributed by atoms with Crippen LogP contribution >= 0.6 is 0 Å². The average molecular weight is 274 g/mol. The summed E-state index contributed by atoms with van der Waals surface area (Å²) in [5, 5.41) is 0. The van der Waals surface area contributed by atoms with Crippen molar-refractivity contribution in [3.05, 3.63) is 35.4 Å². The number of benzene rings is 1. The van der Waals surface area contributed by atoms with Crippen molar-refractivity contribution in [3.8, 4) is 0 Å². The first kappa shape index (κ1) is 17.3. The Hall–Kier alpha value is -0.780. The predicted molar refractivity (Wildman–Crippen MR) is 91.3 cm³/mol. The molecule has 1 fully saturated rings. The molecule has 1 aromatic carbocycles. The molecule has 0 bridgehead atoms. The highest BCUT2D eigenvalue weighted by Gasteiger charge is 2.11. The van der Waals surface area contributed by atoms with Crippen molar-refractivity contribution >= 4 is 0 Å². The summed E-state index contributed by atoms with van der Waals surface area (Å²) in [4.78, 5) is 0. The Bertz CT molecular complexity index is 311. The maximum absolute atomic E-state index is 2.29. The first-order valence-electron chi connectivity index (χ1n) is 8.88. The summed E-state index contributed by atoms with van der Waals surface area (Å²) < 4.78 is 0. The molecule has 0 unspecified atom stereocenters. The lowest BCUT2D eigenvalue weighted by molar-refractivity contribution is 0.331. The number of hydrogen-bond acceptors (Lipinski definition) is 0. The third-order valence-corrected chi connectivity index (χ3v) is 4.57. The number of hydrogen-bond donors (Lipinski definition) is 0. The summed E-state index contributed by atoms with van der Waals surface area (Å²) in [6.45, 7) is 6.70. The van der Waals surface area contributed by atoms with Gasteiger partial charge in [0.1, 0.15) is 0 Å². The second-order valence-electron chi connectivity index (χ2n) is 6.12. The molecular formula is C20H34. The zero-order valence-corrected chi connectivity index (χ0v) is 14.0. The molecule has 0 heterocycles. The average Bonchev–Trinajstić information content (AvgIpc) is 2.54. The molecule has 1 saturated carbocycles. The van der Waals surface area contributed by atoms with Crippen molar-refractivity contribution in [2.45, 2.75) is 85.0 Å². The molecule has 1 aromatic rings. The van der Waals surface area contributed by atoms with Gasteiger partial charge in [0.25, 0.3) is 0 Å². The van der Waals surface area contributed by atoms with Crippen LogP contribution in [0.25, 0.3) is 0 Å². The molecule has 0 nitrogen and oxygen atoms in total. The SMILES string of the molecule is CCCCC1CCCCC1.CCc1ccccc1CC. The summed E-state index contributed by atoms with van der Waals surface area (Å²) in [5.41, 5.74) is 2.98. The van der Waals surface area contributed by atoms with Crippen molar-refractivity contribution in [1.29, 1.82) is 0 Å². The lowest BCUT2D eigenvalue weighted by atomic mass is 9.86. The summed E-state index contributed by atoms with van der Waals surface area (Å²) in [5.74, 6) is 1.11. The van der Waals surface area contributed by atoms with Crippen LogP contribution in [0, 0.1) is 5.92 Å². The molecule has 20 heavy (non-hydrogen) atoms. The minimum absolute atomic E-state index is 1.11. The molecule has 1 aliphatic rings. The minimum Gasteiger partial charge on any atom is -0.0654 e. The molecule has 0 saturated heterocycles. The van der Waals surface area contributed by atoms with Gasteiger partial charge in [0.15, 0.2) is 0 Å². The van der Waals surface area contributed by atoms with Crippen molar-refractivity contribution in [3.63, 3.8) is 0 Å². The molecule has 0 atom stereocenters. The molecule has 0 spiro atoms. The highest BCUT2D eigenvalue weighted by atomic mass is 14.2. The van der Waals surface area contributed by atoms with E-state index in [9.17, 15) is 0 Å². The van der Waals surface area contributed by atoms with Gasteiger partial charge in [-0.15, -0.1) is 0 Å². The largest absolute Gasteiger partial charge is 0.0654 e. The Morgan fingerprint density at radius 2 is 1.40 bits per heavy atom. The standard InChI is InChI=1S/C10H14.C10H20/c1-3-9-7-5-6-8-10(9)4-2;1-2-3-7-10-8-5-4-6-9-10/h5-8H,3-4H2,1-2H3;10H,2-9H2,1H3. The fourth-order valence-electron chi connectivity index (χ4n) is 3.22. The van der Waals surface area contributed by atoms with Crippen molar-refractivity contribution in [2.75, 3.05) is 0 Å². The number of rotatable bonds is 5. The third kappa shape index (κ3) is 6.59. The topological polar surface area (TPSA) is 0 Å². The molecule has 0 N–H and O–H groups in total. The summed E-state index contributed by atoms with van der Waals surface area (Å²) in [6, 6.07) is 8.63. The van der Waals surface area contributed by atoms with E-state index in [0.29, 0.717) is 0 Å². The maximum atomic E-state index is 2.29. The first-order valence-corrected chi connectivity index (χ1v) is 8.88. The predicted octanol–water partition coefficient (Wildman–Crippen LogP) is 6.57. The van der Waals surface area contributed by atoms with Crippen molar-refractivity contribution in [1.82, 2.24) is 0 Å². The van der Waals surface area contributed by atoms with E-state index in [1.54, 1.807) is 0 Å². The fourth-order valence-corrected chi connectivity index (χ4v) is 3.22. The highest BCUT2D eigenvalue weighted by Crippen LogP contribution is 2.27. The minimum atomic E-state index is 1.11. The fraction of sp³-hybridized carbons (Fsp3) is 0.700. The van der Waals surface area contributed by atoms with E-state index in [0.717, 1.165) is 18.8 Å². The molecule has 2 rings (SSSR count). The molecule has 0 amide bonds. The molecule has 0 radical (unpaired) electrons. The van der Waals surface area contributed by atoms with Crippen LogP contribution in [0.1, 0.15) is 83.3 Å². The molecular weight excluding hydrogens is 240 g/mol. The number of aryl methyl sites for hydroxylation is 2. The third-order valence-electron chi connectivity index (χ3n) is 4.57. The Morgan fingerprint density at radius 1 is 0.850 bits per heavy atom. The van der Waals surface area contributed by atoms with E-state index in [2.05, 4.69) is 45.0 Å². The van der Waals surface area contributed by atoms with Gasteiger partial charge in [-0.1, -0.05) is 96.4 Å². The van der Waals surface area contributed by atoms with Gasteiger partial charge in [0.2, 0.25) is 0 Å². The zero-order chi connectivity index (χ0) is 14.6. The van der Waals surface area contributed by atoms with Crippen LogP contribution in [0.3, 0.4) is 0 Å². The molecule has 114 valence electrons.